The molecule has 0 atom stereocenters. The lowest BCUT2D eigenvalue weighted by molar-refractivity contribution is -0.139. The van der Waals surface area contributed by atoms with Gasteiger partial charge in [0.1, 0.15) is 0 Å². The van der Waals surface area contributed by atoms with Gasteiger partial charge in [-0.3, -0.25) is 9.59 Å². The van der Waals surface area contributed by atoms with Crippen LogP contribution in [0.5, 0.6) is 0 Å². The molecule has 0 saturated carbocycles. The van der Waals surface area contributed by atoms with E-state index in [2.05, 4.69) is 0 Å². The highest BCUT2D eigenvalue weighted by molar-refractivity contribution is 7.92. The van der Waals surface area contributed by atoms with Gasteiger partial charge in [0, 0.05) is 5.56 Å². The Bertz CT molecular complexity index is 619. The minimum Gasteiger partial charge on any atom is -0.480 e. The lowest BCUT2D eigenvalue weighted by Gasteiger charge is -2.20. The molecule has 0 unspecified atom stereocenters. The molecule has 0 aliphatic carbocycles. The van der Waals surface area contributed by atoms with E-state index in [4.69, 9.17) is 10.8 Å². The van der Waals surface area contributed by atoms with Gasteiger partial charge in [-0.25, -0.2) is 8.42 Å². The predicted molar refractivity (Wildman–Crippen MR) is 69.3 cm³/mol. The van der Waals surface area contributed by atoms with E-state index in [1.54, 1.807) is 12.1 Å². The summed E-state index contributed by atoms with van der Waals surface area (Å²) in [4.78, 5) is 22.2. The Balaban J connectivity index is 3.24. The molecule has 6 nitrogen and oxygen atoms in total. The number of hydrogen-bond acceptors (Lipinski definition) is 4. The number of carbonyl (C=O) groups is 2. The van der Waals surface area contributed by atoms with Gasteiger partial charge in [0.25, 0.3) is 0 Å². The van der Waals surface area contributed by atoms with Crippen LogP contribution in [0.15, 0.2) is 24.3 Å². The highest BCUT2D eigenvalue weighted by Crippen LogP contribution is 2.23. The van der Waals surface area contributed by atoms with E-state index in [0.29, 0.717) is 0 Å². The quantitative estimate of drug-likeness (QED) is 0.820. The van der Waals surface area contributed by atoms with Crippen molar-refractivity contribution >= 4 is 21.7 Å². The van der Waals surface area contributed by atoms with Crippen LogP contribution in [-0.2, 0) is 20.4 Å². The molecule has 104 valence electrons. The first-order chi connectivity index (χ1) is 8.59. The Morgan fingerprint density at radius 3 is 2.26 bits per heavy atom. The zero-order chi connectivity index (χ0) is 14.8. The molecule has 19 heavy (non-hydrogen) atoms. The Kier molecular flexibility index (Phi) is 4.00. The smallest absolute Gasteiger partial charge is 0.324 e. The molecule has 0 saturated heterocycles. The summed E-state index contributed by atoms with van der Waals surface area (Å²) in [7, 11) is -3.98. The summed E-state index contributed by atoms with van der Waals surface area (Å²) in [6, 6.07) is 5.96. The number of primary amides is 1. The van der Waals surface area contributed by atoms with Crippen LogP contribution in [0.4, 0.5) is 0 Å². The Morgan fingerprint density at radius 2 is 1.79 bits per heavy atom. The number of hydrogen-bond donors (Lipinski definition) is 2. The molecule has 7 heteroatoms. The van der Waals surface area contributed by atoms with Crippen molar-refractivity contribution in [3.63, 3.8) is 0 Å². The highest BCUT2D eigenvalue weighted by atomic mass is 32.2. The normalized spacial score (nSPS) is 12.1. The van der Waals surface area contributed by atoms with E-state index in [0.717, 1.165) is 13.8 Å². The van der Waals surface area contributed by atoms with Crippen molar-refractivity contribution in [2.45, 2.75) is 24.3 Å². The van der Waals surface area contributed by atoms with Crippen molar-refractivity contribution in [2.24, 2.45) is 5.73 Å². The van der Waals surface area contributed by atoms with Crippen LogP contribution >= 0.6 is 0 Å². The average Bonchev–Trinajstić information content (AvgIpc) is 2.28. The molecule has 0 heterocycles. The number of rotatable bonds is 5. The molecule has 3 N–H and O–H groups in total. The topological polar surface area (TPSA) is 115 Å². The van der Waals surface area contributed by atoms with Gasteiger partial charge < -0.3 is 10.8 Å². The number of carbonyl (C=O) groups excluding carboxylic acids is 1. The summed E-state index contributed by atoms with van der Waals surface area (Å²) in [6.45, 7) is 2.22. The number of aliphatic carboxylic acids is 1. The van der Waals surface area contributed by atoms with Gasteiger partial charge in [-0.15, -0.1) is 0 Å². The molecule has 0 radical (unpaired) electrons. The number of amides is 1. The molecule has 1 aromatic rings. The van der Waals surface area contributed by atoms with Gasteiger partial charge in [-0.2, -0.15) is 0 Å². The molecule has 0 bridgehead atoms. The molecule has 0 aliphatic rings. The zero-order valence-electron chi connectivity index (χ0n) is 10.6. The lowest BCUT2D eigenvalue weighted by Crippen LogP contribution is -2.41. The maximum Gasteiger partial charge on any atom is 0.324 e. The summed E-state index contributed by atoms with van der Waals surface area (Å²) in [5.74, 6) is -2.74. The van der Waals surface area contributed by atoms with Crippen molar-refractivity contribution in [1.82, 2.24) is 0 Å². The van der Waals surface area contributed by atoms with Gasteiger partial charge in [0.15, 0.2) is 14.6 Å². The van der Waals surface area contributed by atoms with Crippen molar-refractivity contribution in [3.05, 3.63) is 35.4 Å². The third-order valence-electron chi connectivity index (χ3n) is 2.92. The van der Waals surface area contributed by atoms with E-state index in [1.165, 1.54) is 12.1 Å². The second-order valence-electron chi connectivity index (χ2n) is 4.60. The first-order valence-electron chi connectivity index (χ1n) is 5.43. The number of benzene rings is 1. The highest BCUT2D eigenvalue weighted by Gasteiger charge is 2.42. The van der Waals surface area contributed by atoms with E-state index in [1.807, 2.05) is 0 Å². The molecule has 0 aromatic heterocycles. The first kappa shape index (κ1) is 15.2. The molecule has 0 spiro atoms. The maximum absolute atomic E-state index is 12.1. The minimum atomic E-state index is -3.98. The summed E-state index contributed by atoms with van der Waals surface area (Å²) < 4.78 is 22.3. The summed E-state index contributed by atoms with van der Waals surface area (Å²) in [5.41, 5.74) is 5.43. The SMILES string of the molecule is CC(C)(C(=O)O)S(=O)(=O)Cc1ccccc1C(N)=O. The van der Waals surface area contributed by atoms with Crippen molar-refractivity contribution in [3.8, 4) is 0 Å². The van der Waals surface area contributed by atoms with Crippen LogP contribution < -0.4 is 5.73 Å². The monoisotopic (exact) mass is 285 g/mol. The van der Waals surface area contributed by atoms with E-state index < -0.39 is 32.2 Å². The zero-order valence-corrected chi connectivity index (χ0v) is 11.4. The molecule has 0 fully saturated rings. The van der Waals surface area contributed by atoms with Gasteiger partial charge in [0.05, 0.1) is 5.75 Å². The molecular formula is C12H15NO5S. The van der Waals surface area contributed by atoms with Crippen molar-refractivity contribution in [1.29, 1.82) is 0 Å². The Labute approximate surface area is 111 Å². The summed E-state index contributed by atoms with van der Waals surface area (Å²) in [5, 5.41) is 8.96. The second-order valence-corrected chi connectivity index (χ2v) is 7.13. The van der Waals surface area contributed by atoms with Crippen LogP contribution in [0.2, 0.25) is 0 Å². The summed E-state index contributed by atoms with van der Waals surface area (Å²) >= 11 is 0. The van der Waals surface area contributed by atoms with E-state index >= 15 is 0 Å². The lowest BCUT2D eigenvalue weighted by atomic mass is 10.1. The van der Waals surface area contributed by atoms with Crippen molar-refractivity contribution in [2.75, 3.05) is 0 Å². The molecule has 0 aliphatic heterocycles. The van der Waals surface area contributed by atoms with Gasteiger partial charge in [-0.05, 0) is 25.5 Å². The fourth-order valence-corrected chi connectivity index (χ4v) is 2.69. The van der Waals surface area contributed by atoms with E-state index in [9.17, 15) is 18.0 Å². The Morgan fingerprint density at radius 1 is 1.26 bits per heavy atom. The number of carboxylic acid groups (broad SMARTS) is 1. The third kappa shape index (κ3) is 2.93. The van der Waals surface area contributed by atoms with Crippen LogP contribution in [0, 0.1) is 0 Å². The second kappa shape index (κ2) is 5.00. The van der Waals surface area contributed by atoms with Gasteiger partial charge >= 0.3 is 5.97 Å². The fraction of sp³-hybridized carbons (Fsp3) is 0.333. The number of sulfone groups is 1. The first-order valence-corrected chi connectivity index (χ1v) is 7.08. The fourth-order valence-electron chi connectivity index (χ4n) is 1.40. The Hall–Kier alpha value is -1.89. The summed E-state index contributed by atoms with van der Waals surface area (Å²) in [6.07, 6.45) is 0. The standard InChI is InChI=1S/C12H15NO5S/c1-12(2,11(15)16)19(17,18)7-8-5-3-4-6-9(8)10(13)14/h3-6H,7H2,1-2H3,(H2,13,14)(H,15,16). The van der Waals surface area contributed by atoms with Crippen LogP contribution in [0.1, 0.15) is 29.8 Å². The van der Waals surface area contributed by atoms with Crippen LogP contribution in [-0.4, -0.2) is 30.1 Å². The van der Waals surface area contributed by atoms with Crippen molar-refractivity contribution < 1.29 is 23.1 Å². The minimum absolute atomic E-state index is 0.0762. The molecule has 1 amide bonds. The predicted octanol–water partition coefficient (Wildman–Crippen LogP) is 0.564. The van der Waals surface area contributed by atoms with Gasteiger partial charge in [0.2, 0.25) is 5.91 Å². The third-order valence-corrected chi connectivity index (χ3v) is 5.34. The van der Waals surface area contributed by atoms with E-state index in [-0.39, 0.29) is 11.1 Å². The number of nitrogens with two attached hydrogens (primary N) is 1. The average molecular weight is 285 g/mol. The maximum atomic E-state index is 12.1. The largest absolute Gasteiger partial charge is 0.480 e. The number of carboxylic acids is 1. The molecule has 1 rings (SSSR count). The van der Waals surface area contributed by atoms with Crippen LogP contribution in [0.3, 0.4) is 0 Å². The molecular weight excluding hydrogens is 270 g/mol. The van der Waals surface area contributed by atoms with Gasteiger partial charge in [-0.1, -0.05) is 18.2 Å². The van der Waals surface area contributed by atoms with Crippen LogP contribution in [0.25, 0.3) is 0 Å². The molecule has 1 aromatic carbocycles.